The first kappa shape index (κ1) is 20.5. The van der Waals surface area contributed by atoms with Gasteiger partial charge in [-0.15, -0.1) is 0 Å². The van der Waals surface area contributed by atoms with Gasteiger partial charge in [-0.05, 0) is 68.1 Å². The van der Waals surface area contributed by atoms with Crippen LogP contribution in [0.2, 0.25) is 0 Å². The van der Waals surface area contributed by atoms with Gasteiger partial charge in [0.05, 0.1) is 18.0 Å². The molecule has 1 saturated heterocycles. The van der Waals surface area contributed by atoms with Crippen molar-refractivity contribution in [2.24, 2.45) is 0 Å². The summed E-state index contributed by atoms with van der Waals surface area (Å²) in [5.41, 5.74) is 4.69. The zero-order valence-corrected chi connectivity index (χ0v) is 18.4. The molecule has 0 saturated carbocycles. The molecule has 164 valence electrons. The van der Waals surface area contributed by atoms with E-state index in [1.165, 1.54) is 0 Å². The van der Waals surface area contributed by atoms with E-state index in [0.29, 0.717) is 18.7 Å². The number of carbonyl (C=O) groups is 1. The lowest BCUT2D eigenvalue weighted by Crippen LogP contribution is -2.31. The van der Waals surface area contributed by atoms with Gasteiger partial charge in [0.25, 0.3) is 5.91 Å². The van der Waals surface area contributed by atoms with E-state index in [2.05, 4.69) is 18.3 Å². The zero-order valence-electron chi connectivity index (χ0n) is 18.4. The highest BCUT2D eigenvalue weighted by molar-refractivity contribution is 5.94. The molecule has 1 aromatic carbocycles. The quantitative estimate of drug-likeness (QED) is 0.506. The van der Waals surface area contributed by atoms with Gasteiger partial charge < -0.3 is 14.6 Å². The standard InChI is InChI=1S/C25H27N5O2/c1-17-14-18(2)27-23-22(17)24(29-11-3-4-12-29)28-30(23)16-19-7-9-20(10-8-19)25(31)26-15-21-6-5-13-32-21/h3-4,7-12,14,21H,5-6,13,15-16H2,1-2H3,(H,26,31)/t21-/m0/s1. The molecule has 1 aliphatic heterocycles. The number of aromatic nitrogens is 4. The van der Waals surface area contributed by atoms with E-state index in [-0.39, 0.29) is 12.0 Å². The van der Waals surface area contributed by atoms with Crippen molar-refractivity contribution in [3.8, 4) is 5.82 Å². The van der Waals surface area contributed by atoms with Crippen LogP contribution in [0.3, 0.4) is 0 Å². The van der Waals surface area contributed by atoms with Gasteiger partial charge >= 0.3 is 0 Å². The summed E-state index contributed by atoms with van der Waals surface area (Å²) < 4.78 is 9.53. The van der Waals surface area contributed by atoms with Crippen molar-refractivity contribution < 1.29 is 9.53 Å². The van der Waals surface area contributed by atoms with E-state index in [4.69, 9.17) is 14.8 Å². The number of hydrogen-bond acceptors (Lipinski definition) is 4. The summed E-state index contributed by atoms with van der Waals surface area (Å²) >= 11 is 0. The molecule has 0 spiro atoms. The fourth-order valence-electron chi connectivity index (χ4n) is 4.31. The second kappa shape index (κ2) is 8.59. The molecule has 32 heavy (non-hydrogen) atoms. The first-order valence-corrected chi connectivity index (χ1v) is 11.1. The molecule has 7 nitrogen and oxygen atoms in total. The van der Waals surface area contributed by atoms with Gasteiger partial charge in [-0.2, -0.15) is 5.10 Å². The van der Waals surface area contributed by atoms with Crippen LogP contribution in [0.1, 0.15) is 40.0 Å². The fourth-order valence-corrected chi connectivity index (χ4v) is 4.31. The van der Waals surface area contributed by atoms with Gasteiger partial charge in [0.2, 0.25) is 0 Å². The fraction of sp³-hybridized carbons (Fsp3) is 0.320. The van der Waals surface area contributed by atoms with Crippen molar-refractivity contribution in [3.05, 3.63) is 77.2 Å². The van der Waals surface area contributed by atoms with Crippen LogP contribution < -0.4 is 5.32 Å². The third-order valence-corrected chi connectivity index (χ3v) is 5.92. The Morgan fingerprint density at radius 1 is 1.19 bits per heavy atom. The Morgan fingerprint density at radius 2 is 1.97 bits per heavy atom. The van der Waals surface area contributed by atoms with Crippen molar-refractivity contribution in [1.29, 1.82) is 0 Å². The summed E-state index contributed by atoms with van der Waals surface area (Å²) in [7, 11) is 0. The Balaban J connectivity index is 1.38. The molecule has 3 aromatic heterocycles. The van der Waals surface area contributed by atoms with E-state index >= 15 is 0 Å². The van der Waals surface area contributed by atoms with Crippen LogP contribution >= 0.6 is 0 Å². The maximum Gasteiger partial charge on any atom is 0.251 e. The van der Waals surface area contributed by atoms with Crippen LogP contribution in [-0.2, 0) is 11.3 Å². The molecule has 4 heterocycles. The van der Waals surface area contributed by atoms with Crippen LogP contribution in [0.4, 0.5) is 0 Å². The molecule has 1 atom stereocenters. The molecule has 7 heteroatoms. The number of amides is 1. The van der Waals surface area contributed by atoms with Gasteiger partial charge in [0, 0.05) is 36.8 Å². The summed E-state index contributed by atoms with van der Waals surface area (Å²) in [5, 5.41) is 8.91. The molecule has 1 amide bonds. The van der Waals surface area contributed by atoms with Gasteiger partial charge in [-0.25, -0.2) is 9.67 Å². The Morgan fingerprint density at radius 3 is 2.69 bits per heavy atom. The first-order chi connectivity index (χ1) is 15.6. The van der Waals surface area contributed by atoms with Gasteiger partial charge in [-0.1, -0.05) is 12.1 Å². The number of nitrogens with zero attached hydrogens (tertiary/aromatic N) is 4. The molecule has 1 aliphatic rings. The van der Waals surface area contributed by atoms with Crippen molar-refractivity contribution in [2.75, 3.05) is 13.2 Å². The number of nitrogens with one attached hydrogen (secondary N) is 1. The van der Waals surface area contributed by atoms with Crippen LogP contribution in [0.15, 0.2) is 54.9 Å². The lowest BCUT2D eigenvalue weighted by molar-refractivity contribution is 0.0858. The Hall–Kier alpha value is -3.45. The smallest absolute Gasteiger partial charge is 0.251 e. The number of carbonyl (C=O) groups excluding carboxylic acids is 1. The molecule has 0 radical (unpaired) electrons. The molecule has 0 unspecified atom stereocenters. The minimum absolute atomic E-state index is 0.0700. The predicted molar refractivity (Wildman–Crippen MR) is 123 cm³/mol. The Kier molecular flexibility index (Phi) is 5.49. The number of ether oxygens (including phenoxy) is 1. The highest BCUT2D eigenvalue weighted by Gasteiger charge is 2.18. The molecular formula is C25H27N5O2. The number of benzene rings is 1. The molecule has 1 fully saturated rings. The van der Waals surface area contributed by atoms with Crippen molar-refractivity contribution in [2.45, 2.75) is 39.3 Å². The summed E-state index contributed by atoms with van der Waals surface area (Å²) in [6.45, 7) is 6.03. The van der Waals surface area contributed by atoms with Gasteiger partial charge in [0.1, 0.15) is 0 Å². The van der Waals surface area contributed by atoms with E-state index in [1.54, 1.807) is 0 Å². The summed E-state index contributed by atoms with van der Waals surface area (Å²) in [4.78, 5) is 17.2. The Labute approximate surface area is 187 Å². The van der Waals surface area contributed by atoms with Gasteiger partial charge in [-0.3, -0.25) is 4.79 Å². The van der Waals surface area contributed by atoms with Crippen LogP contribution in [0.25, 0.3) is 16.9 Å². The largest absolute Gasteiger partial charge is 0.376 e. The van der Waals surface area contributed by atoms with Gasteiger partial charge in [0.15, 0.2) is 11.5 Å². The average molecular weight is 430 g/mol. The highest BCUT2D eigenvalue weighted by atomic mass is 16.5. The SMILES string of the molecule is Cc1cc(C)c2c(-n3cccc3)nn(Cc3ccc(C(=O)NC[C@@H]4CCCO4)cc3)c2n1. The average Bonchev–Trinajstić information content (AvgIpc) is 3.54. The molecule has 1 N–H and O–H groups in total. The number of pyridine rings is 1. The highest BCUT2D eigenvalue weighted by Crippen LogP contribution is 2.26. The maximum absolute atomic E-state index is 12.5. The minimum atomic E-state index is -0.0700. The van der Waals surface area contributed by atoms with E-state index in [0.717, 1.165) is 53.1 Å². The minimum Gasteiger partial charge on any atom is -0.376 e. The molecule has 4 aromatic rings. The number of rotatable bonds is 6. The second-order valence-corrected chi connectivity index (χ2v) is 8.39. The van der Waals surface area contributed by atoms with Crippen molar-refractivity contribution in [3.63, 3.8) is 0 Å². The summed E-state index contributed by atoms with van der Waals surface area (Å²) in [5.74, 6) is 0.805. The molecule has 0 aliphatic carbocycles. The van der Waals surface area contributed by atoms with Crippen molar-refractivity contribution >= 4 is 16.9 Å². The predicted octanol–water partition coefficient (Wildman–Crippen LogP) is 3.80. The van der Waals surface area contributed by atoms with E-state index in [1.807, 2.05) is 65.0 Å². The van der Waals surface area contributed by atoms with Crippen LogP contribution in [-0.4, -0.2) is 44.5 Å². The van der Waals surface area contributed by atoms with E-state index in [9.17, 15) is 4.79 Å². The zero-order chi connectivity index (χ0) is 22.1. The number of aryl methyl sites for hydroxylation is 2. The van der Waals surface area contributed by atoms with Crippen LogP contribution in [0.5, 0.6) is 0 Å². The molecule has 5 rings (SSSR count). The first-order valence-electron chi connectivity index (χ1n) is 11.1. The Bertz CT molecular complexity index is 1240. The monoisotopic (exact) mass is 429 g/mol. The second-order valence-electron chi connectivity index (χ2n) is 8.39. The normalized spacial score (nSPS) is 16.0. The lowest BCUT2D eigenvalue weighted by atomic mass is 10.1. The summed E-state index contributed by atoms with van der Waals surface area (Å²) in [6, 6.07) is 13.8. The van der Waals surface area contributed by atoms with Crippen molar-refractivity contribution in [1.82, 2.24) is 24.6 Å². The molecule has 0 bridgehead atoms. The summed E-state index contributed by atoms with van der Waals surface area (Å²) in [6.07, 6.45) is 6.21. The lowest BCUT2D eigenvalue weighted by Gasteiger charge is -2.11. The topological polar surface area (TPSA) is 74.0 Å². The number of hydrogen-bond donors (Lipinski definition) is 1. The van der Waals surface area contributed by atoms with Crippen LogP contribution in [0, 0.1) is 13.8 Å². The molecular weight excluding hydrogens is 402 g/mol. The number of fused-ring (bicyclic) bond motifs is 1. The van der Waals surface area contributed by atoms with E-state index < -0.39 is 0 Å². The maximum atomic E-state index is 12.5. The third kappa shape index (κ3) is 4.03. The third-order valence-electron chi connectivity index (χ3n) is 5.92.